The highest BCUT2D eigenvalue weighted by Crippen LogP contribution is 2.66. The van der Waals surface area contributed by atoms with Gasteiger partial charge in [-0.1, -0.05) is 79.3 Å². The third kappa shape index (κ3) is 22.2. The Labute approximate surface area is 451 Å². The van der Waals surface area contributed by atoms with E-state index in [4.69, 9.17) is 43.7 Å². The van der Waals surface area contributed by atoms with Gasteiger partial charge in [-0.15, -0.1) is 0 Å². The molecule has 1 aliphatic heterocycles. The minimum Gasteiger partial charge on any atom is -0.462 e. The van der Waals surface area contributed by atoms with Crippen LogP contribution in [0.25, 0.3) is 0 Å². The molecule has 0 bridgehead atoms. The van der Waals surface area contributed by atoms with Crippen molar-refractivity contribution in [2.75, 3.05) is 70.6 Å². The molecule has 2 amide bonds. The van der Waals surface area contributed by atoms with Crippen LogP contribution in [0.4, 0.5) is 5.69 Å². The number of aromatic nitrogens is 2. The van der Waals surface area contributed by atoms with Crippen LogP contribution in [0.1, 0.15) is 93.7 Å². The fourth-order valence-corrected chi connectivity index (χ4v) is 13.4. The molecule has 1 fully saturated rings. The molecule has 4 rings (SSSR count). The SMILES string of the molecule is CSSC(C)c1ccc(NC(=O)COCCOCCN)cc1C(=O)OCCCCC(=O)NCC#Cc1cn([C@H]2C[C@@H](OC(=O)c3ccccc3C(C)SSC)C(COP(=O)(O)OP(=O)(O)OP(=O)(O)O)O2)c(=O)[nH]c1=O. The number of anilines is 1. The van der Waals surface area contributed by atoms with Crippen molar-refractivity contribution < 1.29 is 89.3 Å². The van der Waals surface area contributed by atoms with Gasteiger partial charge in [0.25, 0.3) is 5.56 Å². The van der Waals surface area contributed by atoms with E-state index in [0.717, 1.165) is 10.8 Å². The summed E-state index contributed by atoms with van der Waals surface area (Å²) in [6.45, 7) is 3.48. The molecule has 420 valence electrons. The molecule has 9 N–H and O–H groups in total. The van der Waals surface area contributed by atoms with Crippen molar-refractivity contribution >= 4 is 96.1 Å². The van der Waals surface area contributed by atoms with E-state index in [9.17, 15) is 52.2 Å². The second-order valence-electron chi connectivity index (χ2n) is 15.8. The predicted molar refractivity (Wildman–Crippen MR) is 284 cm³/mol. The number of aromatic amines is 1. The molecule has 2 aromatic carbocycles. The van der Waals surface area contributed by atoms with Crippen LogP contribution < -0.4 is 27.6 Å². The van der Waals surface area contributed by atoms with Crippen LogP contribution in [-0.4, -0.2) is 130 Å². The zero-order valence-corrected chi connectivity index (χ0v) is 47.2. The van der Waals surface area contributed by atoms with E-state index in [2.05, 4.69) is 36.1 Å². The number of ether oxygens (including phenoxy) is 5. The topological polar surface area (TPSA) is 379 Å². The van der Waals surface area contributed by atoms with Gasteiger partial charge >= 0.3 is 41.1 Å². The molecule has 0 spiro atoms. The number of phosphoric acid groups is 3. The first kappa shape index (κ1) is 64.7. The number of nitrogens with zero attached hydrogens (tertiary/aromatic N) is 1. The van der Waals surface area contributed by atoms with Crippen LogP contribution >= 0.6 is 66.6 Å². The van der Waals surface area contributed by atoms with Crippen molar-refractivity contribution in [3.05, 3.63) is 97.3 Å². The lowest BCUT2D eigenvalue weighted by Gasteiger charge is -2.22. The van der Waals surface area contributed by atoms with E-state index in [0.29, 0.717) is 42.8 Å². The number of rotatable bonds is 31. The average Bonchev–Trinajstić information content (AvgIpc) is 3.74. The quantitative estimate of drug-likeness (QED) is 0.0139. The van der Waals surface area contributed by atoms with E-state index in [1.165, 1.54) is 55.3 Å². The molecule has 7 atom stereocenters. The number of benzene rings is 2. The molecule has 0 radical (unpaired) electrons. The molecule has 1 aliphatic rings. The maximum Gasteiger partial charge on any atom is 0.490 e. The number of hydrogen-bond donors (Lipinski definition) is 8. The number of phosphoric ester groups is 1. The van der Waals surface area contributed by atoms with Crippen molar-refractivity contribution in [2.24, 2.45) is 5.73 Å². The van der Waals surface area contributed by atoms with Crippen molar-refractivity contribution in [1.29, 1.82) is 0 Å². The fraction of sp³-hybridized carbons (Fsp3) is 0.488. The average molecular weight is 1200 g/mol. The number of amides is 2. The number of nitrogens with one attached hydrogen (secondary N) is 3. The molecule has 1 saturated heterocycles. The first-order valence-electron chi connectivity index (χ1n) is 22.7. The normalized spacial score (nSPS) is 17.8. The fourth-order valence-electron chi connectivity index (χ4n) is 6.87. The van der Waals surface area contributed by atoms with Crippen LogP contribution in [0.5, 0.6) is 0 Å². The van der Waals surface area contributed by atoms with Crippen molar-refractivity contribution in [2.45, 2.75) is 68.5 Å². The van der Waals surface area contributed by atoms with Gasteiger partial charge in [0.05, 0.1) is 50.7 Å². The molecule has 26 nitrogen and oxygen atoms in total. The Morgan fingerprint density at radius 2 is 1.55 bits per heavy atom. The molecular formula is C43H58N5O21P3S4. The molecule has 0 saturated carbocycles. The van der Waals surface area contributed by atoms with E-state index in [1.807, 2.05) is 26.4 Å². The smallest absolute Gasteiger partial charge is 0.462 e. The van der Waals surface area contributed by atoms with Crippen LogP contribution in [0, 0.1) is 11.8 Å². The number of H-pyrrole nitrogens is 1. The Morgan fingerprint density at radius 3 is 2.24 bits per heavy atom. The van der Waals surface area contributed by atoms with Crippen molar-refractivity contribution in [3.8, 4) is 11.8 Å². The summed E-state index contributed by atoms with van der Waals surface area (Å²) in [7, 11) is -11.3. The zero-order chi connectivity index (χ0) is 56.1. The molecule has 0 aliphatic carbocycles. The lowest BCUT2D eigenvalue weighted by atomic mass is 10.0. The van der Waals surface area contributed by atoms with Crippen molar-refractivity contribution in [1.82, 2.24) is 14.9 Å². The number of carbonyl (C=O) groups excluding carboxylic acids is 4. The Morgan fingerprint density at radius 1 is 0.868 bits per heavy atom. The van der Waals surface area contributed by atoms with Gasteiger partial charge in [-0.3, -0.25) is 28.5 Å². The van der Waals surface area contributed by atoms with Crippen LogP contribution in [-0.2, 0) is 60.1 Å². The summed E-state index contributed by atoms with van der Waals surface area (Å²) >= 11 is 0. The first-order chi connectivity index (χ1) is 36.0. The molecule has 2 heterocycles. The minimum absolute atomic E-state index is 0.0160. The molecular weight excluding hydrogens is 1140 g/mol. The standard InChI is InChI=1S/C43H58N5O21P3S4/c1-27(75-73-3)31-11-5-6-12-33(31)42(53)67-35-23-39(66-36(35)25-65-71(58,59)69-72(60,61)68-70(55,56)57)48-24-29(40(51)47-43(48)54)10-9-17-45-37(49)13-7-8-18-64-41(52)34-22-30(14-15-32(34)28(2)76-74-4)46-38(50)26-63-21-20-62-19-16-44/h5-6,11-12,14-15,22,24,27-28,35-36,39H,7-8,13,16-21,23,25-26,44H2,1-4H3,(H,45,49)(H,46,50)(H,58,59)(H,60,61)(H,47,51,54)(H2,55,56,57)/t27?,28?,35-,36?,39-/m1/s1. The molecule has 33 heteroatoms. The second kappa shape index (κ2) is 31.7. The van der Waals surface area contributed by atoms with Gasteiger partial charge in [0, 0.05) is 41.8 Å². The molecule has 1 aromatic heterocycles. The van der Waals surface area contributed by atoms with E-state index >= 15 is 0 Å². The summed E-state index contributed by atoms with van der Waals surface area (Å²) in [6.07, 6.45) is 0.793. The highest BCUT2D eigenvalue weighted by atomic mass is 33.1. The number of unbranched alkanes of at least 4 members (excludes halogenated alkanes) is 1. The lowest BCUT2D eigenvalue weighted by Crippen LogP contribution is -2.34. The van der Waals surface area contributed by atoms with E-state index in [-0.39, 0.29) is 73.0 Å². The maximum atomic E-state index is 13.7. The number of carbonyl (C=O) groups is 4. The Kier molecular flexibility index (Phi) is 27.0. The summed E-state index contributed by atoms with van der Waals surface area (Å²) in [5.41, 5.74) is 5.25. The number of hydrogen-bond acceptors (Lipinski definition) is 22. The highest BCUT2D eigenvalue weighted by Gasteiger charge is 2.45. The molecule has 3 aromatic rings. The zero-order valence-electron chi connectivity index (χ0n) is 41.2. The number of esters is 2. The summed E-state index contributed by atoms with van der Waals surface area (Å²) in [6, 6.07) is 11.5. The van der Waals surface area contributed by atoms with Gasteiger partial charge in [0.1, 0.15) is 30.6 Å². The van der Waals surface area contributed by atoms with Crippen LogP contribution in [0.2, 0.25) is 0 Å². The van der Waals surface area contributed by atoms with Gasteiger partial charge in [0.2, 0.25) is 11.8 Å². The maximum absolute atomic E-state index is 13.7. The van der Waals surface area contributed by atoms with E-state index in [1.54, 1.807) is 30.3 Å². The monoisotopic (exact) mass is 1200 g/mol. The van der Waals surface area contributed by atoms with Gasteiger partial charge in [-0.25, -0.2) is 28.1 Å². The predicted octanol–water partition coefficient (Wildman–Crippen LogP) is 4.96. The van der Waals surface area contributed by atoms with E-state index < -0.39 is 83.5 Å². The van der Waals surface area contributed by atoms with Crippen molar-refractivity contribution in [3.63, 3.8) is 0 Å². The van der Waals surface area contributed by atoms with Gasteiger partial charge < -0.3 is 59.6 Å². The summed E-state index contributed by atoms with van der Waals surface area (Å²) < 4.78 is 76.7. The van der Waals surface area contributed by atoms with Gasteiger partial charge in [0.15, 0.2) is 0 Å². The summed E-state index contributed by atoms with van der Waals surface area (Å²) in [5, 5.41) is 5.01. The first-order valence-corrected chi connectivity index (χ1v) is 32.4. The molecule has 5 unspecified atom stereocenters. The Balaban J connectivity index is 1.37. The summed E-state index contributed by atoms with van der Waals surface area (Å²) in [5.74, 6) is 2.85. The Hall–Kier alpha value is -3.79. The van der Waals surface area contributed by atoms with Gasteiger partial charge in [-0.05, 0) is 68.5 Å². The number of nitrogens with two attached hydrogens (primary N) is 1. The Bertz CT molecular complexity index is 2810. The lowest BCUT2D eigenvalue weighted by molar-refractivity contribution is -0.121. The summed E-state index contributed by atoms with van der Waals surface area (Å²) in [4.78, 5) is 118. The van der Waals surface area contributed by atoms with Crippen LogP contribution in [0.15, 0.2) is 58.3 Å². The molecule has 76 heavy (non-hydrogen) atoms. The highest BCUT2D eigenvalue weighted by molar-refractivity contribution is 8.76. The van der Waals surface area contributed by atoms with Gasteiger partial charge in [-0.2, -0.15) is 8.62 Å². The van der Waals surface area contributed by atoms with Crippen LogP contribution in [0.3, 0.4) is 0 Å². The third-order valence-corrected chi connectivity index (χ3v) is 18.3. The largest absolute Gasteiger partial charge is 0.490 e. The minimum atomic E-state index is -5.90. The third-order valence-electron chi connectivity index (χ3n) is 10.1. The second-order valence-corrected chi connectivity index (χ2v) is 25.8.